The van der Waals surface area contributed by atoms with Crippen LogP contribution in [0, 0.1) is 0 Å². The van der Waals surface area contributed by atoms with Gasteiger partial charge >= 0.3 is 0 Å². The Morgan fingerprint density at radius 2 is 0.860 bits per heavy atom. The van der Waals surface area contributed by atoms with Crippen LogP contribution < -0.4 is 0 Å². The van der Waals surface area contributed by atoms with Crippen molar-refractivity contribution in [3.05, 3.63) is 170 Å². The van der Waals surface area contributed by atoms with E-state index < -0.39 is 0 Å². The fraction of sp³-hybridized carbons (Fsp3) is 0. The SMILES string of the molecule is c1ccc(-c2nc(-c3ccc(-c4ccc(-c5cccc6oc7ccccc7c56)cc4)cc3)cc(-c3ccc4c(c3)oc3ccccc34)n2)cc1. The number of furan rings is 2. The Labute approximate surface area is 287 Å². The Balaban J connectivity index is 1.01. The van der Waals surface area contributed by atoms with Gasteiger partial charge in [0.05, 0.1) is 11.4 Å². The van der Waals surface area contributed by atoms with Gasteiger partial charge in [-0.05, 0) is 58.7 Å². The van der Waals surface area contributed by atoms with E-state index in [0.717, 1.165) is 88.6 Å². The van der Waals surface area contributed by atoms with E-state index in [0.29, 0.717) is 5.82 Å². The second-order valence-corrected chi connectivity index (χ2v) is 12.6. The number of benzene rings is 7. The summed E-state index contributed by atoms with van der Waals surface area (Å²) in [6.45, 7) is 0. The lowest BCUT2D eigenvalue weighted by Crippen LogP contribution is -1.96. The van der Waals surface area contributed by atoms with Gasteiger partial charge in [-0.15, -0.1) is 0 Å². The second-order valence-electron chi connectivity index (χ2n) is 12.6. The van der Waals surface area contributed by atoms with Gasteiger partial charge in [0.15, 0.2) is 5.82 Å². The van der Waals surface area contributed by atoms with Gasteiger partial charge in [-0.1, -0.05) is 133 Å². The number of aromatic nitrogens is 2. The number of para-hydroxylation sites is 2. The third-order valence-corrected chi connectivity index (χ3v) is 9.55. The minimum atomic E-state index is 0.683. The molecule has 0 aliphatic heterocycles. The third-order valence-electron chi connectivity index (χ3n) is 9.55. The summed E-state index contributed by atoms with van der Waals surface area (Å²) >= 11 is 0. The van der Waals surface area contributed by atoms with Gasteiger partial charge in [0.1, 0.15) is 22.3 Å². The molecule has 234 valence electrons. The maximum absolute atomic E-state index is 6.22. The van der Waals surface area contributed by atoms with E-state index in [1.54, 1.807) is 0 Å². The first-order valence-corrected chi connectivity index (χ1v) is 16.7. The van der Waals surface area contributed by atoms with Crippen molar-refractivity contribution in [1.82, 2.24) is 9.97 Å². The van der Waals surface area contributed by atoms with Crippen LogP contribution in [0.25, 0.3) is 100 Å². The highest BCUT2D eigenvalue weighted by Crippen LogP contribution is 2.38. The summed E-state index contributed by atoms with van der Waals surface area (Å²) < 4.78 is 12.4. The minimum absolute atomic E-state index is 0.683. The highest BCUT2D eigenvalue weighted by atomic mass is 16.3. The lowest BCUT2D eigenvalue weighted by molar-refractivity contribution is 0.668. The summed E-state index contributed by atoms with van der Waals surface area (Å²) in [7, 11) is 0. The quantitative estimate of drug-likeness (QED) is 0.188. The van der Waals surface area contributed by atoms with Crippen LogP contribution in [0.1, 0.15) is 0 Å². The summed E-state index contributed by atoms with van der Waals surface area (Å²) in [5.41, 5.74) is 12.8. The first-order valence-electron chi connectivity index (χ1n) is 16.7. The van der Waals surface area contributed by atoms with Gasteiger partial charge in [-0.3, -0.25) is 0 Å². The van der Waals surface area contributed by atoms with E-state index in [1.165, 1.54) is 5.56 Å². The van der Waals surface area contributed by atoms with Crippen LogP contribution in [0.4, 0.5) is 0 Å². The molecule has 0 radical (unpaired) electrons. The predicted molar refractivity (Wildman–Crippen MR) is 204 cm³/mol. The van der Waals surface area contributed by atoms with Crippen molar-refractivity contribution in [2.24, 2.45) is 0 Å². The number of hydrogen-bond acceptors (Lipinski definition) is 4. The van der Waals surface area contributed by atoms with Crippen LogP contribution in [0.5, 0.6) is 0 Å². The summed E-state index contributed by atoms with van der Waals surface area (Å²) in [4.78, 5) is 10.1. The van der Waals surface area contributed by atoms with Crippen LogP contribution in [0.3, 0.4) is 0 Å². The molecule has 7 aromatic carbocycles. The molecule has 4 heteroatoms. The summed E-state index contributed by atoms with van der Waals surface area (Å²) in [5, 5.41) is 4.49. The molecule has 0 fully saturated rings. The topological polar surface area (TPSA) is 52.1 Å². The van der Waals surface area contributed by atoms with Crippen molar-refractivity contribution < 1.29 is 8.83 Å². The van der Waals surface area contributed by atoms with Crippen molar-refractivity contribution in [2.45, 2.75) is 0 Å². The molecule has 0 aliphatic carbocycles. The van der Waals surface area contributed by atoms with Crippen LogP contribution in [-0.4, -0.2) is 9.97 Å². The molecule has 4 nitrogen and oxygen atoms in total. The monoisotopic (exact) mass is 640 g/mol. The highest BCUT2D eigenvalue weighted by molar-refractivity contribution is 6.12. The van der Waals surface area contributed by atoms with Gasteiger partial charge < -0.3 is 8.83 Å². The summed E-state index contributed by atoms with van der Waals surface area (Å²) in [6, 6.07) is 58.6. The Morgan fingerprint density at radius 1 is 0.320 bits per heavy atom. The normalized spacial score (nSPS) is 11.6. The minimum Gasteiger partial charge on any atom is -0.456 e. The van der Waals surface area contributed by atoms with Crippen molar-refractivity contribution in [3.8, 4) is 56.2 Å². The molecule has 0 amide bonds. The number of hydrogen-bond donors (Lipinski definition) is 0. The molecule has 0 saturated carbocycles. The largest absolute Gasteiger partial charge is 0.456 e. The standard InChI is InChI=1S/C46H28N2O2/c1-2-9-33(10-3-1)46-47-39(28-40(48-46)34-25-26-37-36-11-4-6-14-41(36)50-44(37)27-34)32-23-19-30(20-24-32)29-17-21-31(22-18-29)35-13-8-16-43-45(35)38-12-5-7-15-42(38)49-43/h1-28H. The molecule has 0 bridgehead atoms. The molecule has 0 aliphatic rings. The fourth-order valence-electron chi connectivity index (χ4n) is 7.04. The van der Waals surface area contributed by atoms with Gasteiger partial charge in [-0.2, -0.15) is 0 Å². The van der Waals surface area contributed by atoms with E-state index in [9.17, 15) is 0 Å². The molecule has 0 atom stereocenters. The van der Waals surface area contributed by atoms with Crippen molar-refractivity contribution >= 4 is 43.9 Å². The van der Waals surface area contributed by atoms with Gasteiger partial charge in [0, 0.05) is 38.2 Å². The molecule has 0 unspecified atom stereocenters. The van der Waals surface area contributed by atoms with E-state index in [2.05, 4.69) is 103 Å². The van der Waals surface area contributed by atoms with Gasteiger partial charge in [-0.25, -0.2) is 9.97 Å². The molecule has 3 heterocycles. The van der Waals surface area contributed by atoms with Crippen molar-refractivity contribution in [1.29, 1.82) is 0 Å². The van der Waals surface area contributed by atoms with E-state index >= 15 is 0 Å². The zero-order chi connectivity index (χ0) is 33.0. The second kappa shape index (κ2) is 11.4. The highest BCUT2D eigenvalue weighted by Gasteiger charge is 2.15. The smallest absolute Gasteiger partial charge is 0.160 e. The van der Waals surface area contributed by atoms with Crippen LogP contribution in [0.2, 0.25) is 0 Å². The third kappa shape index (κ3) is 4.77. The zero-order valence-corrected chi connectivity index (χ0v) is 26.9. The molecule has 3 aromatic heterocycles. The molecular formula is C46H28N2O2. The molecule has 0 spiro atoms. The predicted octanol–water partition coefficient (Wildman–Crippen LogP) is 12.6. The number of nitrogens with zero attached hydrogens (tertiary/aromatic N) is 2. The molecule has 0 N–H and O–H groups in total. The summed E-state index contributed by atoms with van der Waals surface area (Å²) in [5.74, 6) is 0.683. The Morgan fingerprint density at radius 3 is 1.62 bits per heavy atom. The number of rotatable bonds is 5. The van der Waals surface area contributed by atoms with Gasteiger partial charge in [0.2, 0.25) is 0 Å². The van der Waals surface area contributed by atoms with Crippen LogP contribution >= 0.6 is 0 Å². The molecule has 50 heavy (non-hydrogen) atoms. The van der Waals surface area contributed by atoms with E-state index in [4.69, 9.17) is 18.8 Å². The molecule has 10 rings (SSSR count). The Hall–Kier alpha value is -6.78. The maximum atomic E-state index is 6.22. The lowest BCUT2D eigenvalue weighted by atomic mass is 9.96. The zero-order valence-electron chi connectivity index (χ0n) is 26.9. The van der Waals surface area contributed by atoms with Crippen molar-refractivity contribution in [3.63, 3.8) is 0 Å². The first kappa shape index (κ1) is 28.3. The molecular weight excluding hydrogens is 613 g/mol. The first-order chi connectivity index (χ1) is 24.7. The fourth-order valence-corrected chi connectivity index (χ4v) is 7.04. The maximum Gasteiger partial charge on any atom is 0.160 e. The average molecular weight is 641 g/mol. The van der Waals surface area contributed by atoms with Crippen molar-refractivity contribution in [2.75, 3.05) is 0 Å². The molecule has 10 aromatic rings. The number of fused-ring (bicyclic) bond motifs is 6. The van der Waals surface area contributed by atoms with Gasteiger partial charge in [0.25, 0.3) is 0 Å². The van der Waals surface area contributed by atoms with E-state index in [1.807, 2.05) is 66.7 Å². The Bertz CT molecular complexity index is 2850. The van der Waals surface area contributed by atoms with Crippen LogP contribution in [-0.2, 0) is 0 Å². The molecule has 0 saturated heterocycles. The lowest BCUT2D eigenvalue weighted by Gasteiger charge is -2.10. The van der Waals surface area contributed by atoms with Crippen LogP contribution in [0.15, 0.2) is 179 Å². The Kier molecular flexibility index (Phi) is 6.46. The van der Waals surface area contributed by atoms with E-state index in [-0.39, 0.29) is 0 Å². The average Bonchev–Trinajstić information content (AvgIpc) is 3.76. The summed E-state index contributed by atoms with van der Waals surface area (Å²) in [6.07, 6.45) is 0.